The minimum atomic E-state index is -0.0258. The summed E-state index contributed by atoms with van der Waals surface area (Å²) in [5, 5.41) is 5.01. The summed E-state index contributed by atoms with van der Waals surface area (Å²) < 4.78 is 11.0. The number of hydrogen-bond acceptors (Lipinski definition) is 4. The van der Waals surface area contributed by atoms with Gasteiger partial charge < -0.3 is 19.7 Å². The van der Waals surface area contributed by atoms with E-state index in [2.05, 4.69) is 16.8 Å². The number of carbonyl (C=O) groups excluding carboxylic acids is 1. The van der Waals surface area contributed by atoms with E-state index in [0.717, 1.165) is 24.5 Å². The summed E-state index contributed by atoms with van der Waals surface area (Å²) in [5.41, 5.74) is 1.27. The van der Waals surface area contributed by atoms with Crippen LogP contribution in [0.1, 0.15) is 17.4 Å². The second-order valence-electron chi connectivity index (χ2n) is 5.53. The van der Waals surface area contributed by atoms with Crippen LogP contribution in [0.25, 0.3) is 0 Å². The largest absolute Gasteiger partial charge is 0.494 e. The average Bonchev–Trinajstić information content (AvgIpc) is 3.08. The van der Waals surface area contributed by atoms with Crippen LogP contribution in [0.2, 0.25) is 0 Å². The third-order valence-corrected chi connectivity index (χ3v) is 4.90. The van der Waals surface area contributed by atoms with Crippen molar-refractivity contribution in [2.75, 3.05) is 26.3 Å². The molecule has 0 saturated heterocycles. The highest BCUT2D eigenvalue weighted by atomic mass is 32.1. The SMILES string of the molecule is CCOc1ccc(OCCNC(=O)N2CCc3sccc3C2)cc1. The lowest BCUT2D eigenvalue weighted by atomic mass is 10.1. The van der Waals surface area contributed by atoms with Crippen LogP contribution in [0.3, 0.4) is 0 Å². The van der Waals surface area contributed by atoms with E-state index in [-0.39, 0.29) is 6.03 Å². The fraction of sp³-hybridized carbons (Fsp3) is 0.389. The van der Waals surface area contributed by atoms with Crippen LogP contribution in [-0.4, -0.2) is 37.2 Å². The zero-order valence-electron chi connectivity index (χ0n) is 13.8. The van der Waals surface area contributed by atoms with Gasteiger partial charge in [-0.15, -0.1) is 11.3 Å². The zero-order chi connectivity index (χ0) is 16.8. The molecule has 0 aliphatic carbocycles. The van der Waals surface area contributed by atoms with E-state index in [9.17, 15) is 4.79 Å². The molecule has 0 saturated carbocycles. The standard InChI is InChI=1S/C18H22N2O3S/c1-2-22-15-3-5-16(6-4-15)23-11-9-19-18(21)20-10-7-17-14(13-20)8-12-24-17/h3-6,8,12H,2,7,9-11,13H2,1H3,(H,19,21). The van der Waals surface area contributed by atoms with E-state index < -0.39 is 0 Å². The van der Waals surface area contributed by atoms with Gasteiger partial charge in [-0.05, 0) is 54.6 Å². The van der Waals surface area contributed by atoms with Crippen LogP contribution in [0.4, 0.5) is 4.79 Å². The molecule has 0 atom stereocenters. The molecule has 2 aromatic rings. The van der Waals surface area contributed by atoms with Gasteiger partial charge in [-0.2, -0.15) is 0 Å². The molecular formula is C18H22N2O3S. The van der Waals surface area contributed by atoms with Gasteiger partial charge in [0.05, 0.1) is 13.2 Å². The third kappa shape index (κ3) is 4.20. The summed E-state index contributed by atoms with van der Waals surface area (Å²) in [6.45, 7) is 5.00. The Morgan fingerprint density at radius 2 is 1.96 bits per heavy atom. The first-order valence-electron chi connectivity index (χ1n) is 8.20. The Hall–Kier alpha value is -2.21. The zero-order valence-corrected chi connectivity index (χ0v) is 14.6. The molecule has 3 rings (SSSR count). The molecule has 0 fully saturated rings. The Balaban J connectivity index is 1.38. The molecule has 128 valence electrons. The lowest BCUT2D eigenvalue weighted by Crippen LogP contribution is -2.43. The molecule has 1 aromatic carbocycles. The van der Waals surface area contributed by atoms with Crippen LogP contribution >= 0.6 is 11.3 Å². The van der Waals surface area contributed by atoms with Crippen molar-refractivity contribution >= 4 is 17.4 Å². The van der Waals surface area contributed by atoms with Gasteiger partial charge in [0.2, 0.25) is 0 Å². The Morgan fingerprint density at radius 1 is 1.21 bits per heavy atom. The van der Waals surface area contributed by atoms with Crippen LogP contribution in [0, 0.1) is 0 Å². The molecule has 1 N–H and O–H groups in total. The maximum absolute atomic E-state index is 12.2. The van der Waals surface area contributed by atoms with E-state index >= 15 is 0 Å². The van der Waals surface area contributed by atoms with Crippen molar-refractivity contribution in [1.29, 1.82) is 0 Å². The van der Waals surface area contributed by atoms with E-state index in [1.54, 1.807) is 11.3 Å². The maximum Gasteiger partial charge on any atom is 0.317 e. The smallest absolute Gasteiger partial charge is 0.317 e. The number of hydrogen-bond donors (Lipinski definition) is 1. The second kappa shape index (κ2) is 8.06. The van der Waals surface area contributed by atoms with Gasteiger partial charge >= 0.3 is 6.03 Å². The van der Waals surface area contributed by atoms with E-state index in [0.29, 0.717) is 26.3 Å². The first kappa shape index (κ1) is 16.6. The van der Waals surface area contributed by atoms with Crippen molar-refractivity contribution in [1.82, 2.24) is 10.2 Å². The van der Waals surface area contributed by atoms with Gasteiger partial charge in [0, 0.05) is 18.0 Å². The highest BCUT2D eigenvalue weighted by Crippen LogP contribution is 2.23. The molecule has 1 aliphatic rings. The predicted octanol–water partition coefficient (Wildman–Crippen LogP) is 3.29. The number of carbonyl (C=O) groups is 1. The molecule has 1 aliphatic heterocycles. The number of nitrogens with zero attached hydrogens (tertiary/aromatic N) is 1. The predicted molar refractivity (Wildman–Crippen MR) is 94.9 cm³/mol. The van der Waals surface area contributed by atoms with Crippen LogP contribution in [0.15, 0.2) is 35.7 Å². The summed E-state index contributed by atoms with van der Waals surface area (Å²) in [5.74, 6) is 1.60. The minimum absolute atomic E-state index is 0.0258. The summed E-state index contributed by atoms with van der Waals surface area (Å²) >= 11 is 1.77. The van der Waals surface area contributed by atoms with Crippen molar-refractivity contribution in [3.63, 3.8) is 0 Å². The number of rotatable bonds is 6. The summed E-state index contributed by atoms with van der Waals surface area (Å²) in [4.78, 5) is 15.5. The number of benzene rings is 1. The fourth-order valence-electron chi connectivity index (χ4n) is 2.66. The van der Waals surface area contributed by atoms with Gasteiger partial charge in [0.1, 0.15) is 18.1 Å². The molecule has 0 spiro atoms. The van der Waals surface area contributed by atoms with E-state index in [4.69, 9.17) is 9.47 Å². The first-order valence-corrected chi connectivity index (χ1v) is 9.08. The van der Waals surface area contributed by atoms with Crippen LogP contribution in [-0.2, 0) is 13.0 Å². The molecule has 0 bridgehead atoms. The minimum Gasteiger partial charge on any atom is -0.494 e. The average molecular weight is 346 g/mol. The summed E-state index contributed by atoms with van der Waals surface area (Å²) in [7, 11) is 0. The van der Waals surface area contributed by atoms with Crippen molar-refractivity contribution in [3.8, 4) is 11.5 Å². The fourth-order valence-corrected chi connectivity index (χ4v) is 3.55. The number of fused-ring (bicyclic) bond motifs is 1. The third-order valence-electron chi connectivity index (χ3n) is 3.88. The monoisotopic (exact) mass is 346 g/mol. The van der Waals surface area contributed by atoms with Gasteiger partial charge in [-0.3, -0.25) is 0 Å². The molecule has 0 unspecified atom stereocenters. The van der Waals surface area contributed by atoms with Gasteiger partial charge in [-0.1, -0.05) is 0 Å². The number of amides is 2. The summed E-state index contributed by atoms with van der Waals surface area (Å²) in [6, 6.07) is 9.58. The molecule has 0 radical (unpaired) electrons. The maximum atomic E-state index is 12.2. The van der Waals surface area contributed by atoms with Gasteiger partial charge in [0.25, 0.3) is 0 Å². The number of urea groups is 1. The molecule has 6 heteroatoms. The van der Waals surface area contributed by atoms with Crippen molar-refractivity contribution in [2.45, 2.75) is 19.9 Å². The highest BCUT2D eigenvalue weighted by molar-refractivity contribution is 7.10. The molecule has 2 amide bonds. The molecular weight excluding hydrogens is 324 g/mol. The Kier molecular flexibility index (Phi) is 5.59. The molecule has 24 heavy (non-hydrogen) atoms. The number of thiophene rings is 1. The Bertz CT molecular complexity index is 669. The quantitative estimate of drug-likeness (QED) is 0.817. The lowest BCUT2D eigenvalue weighted by Gasteiger charge is -2.27. The summed E-state index contributed by atoms with van der Waals surface area (Å²) in [6.07, 6.45) is 0.948. The van der Waals surface area contributed by atoms with Gasteiger partial charge in [0.15, 0.2) is 0 Å². The van der Waals surface area contributed by atoms with Crippen molar-refractivity contribution in [3.05, 3.63) is 46.2 Å². The topological polar surface area (TPSA) is 50.8 Å². The highest BCUT2D eigenvalue weighted by Gasteiger charge is 2.20. The van der Waals surface area contributed by atoms with Crippen LogP contribution < -0.4 is 14.8 Å². The Morgan fingerprint density at radius 3 is 2.71 bits per heavy atom. The Labute approximate surface area is 146 Å². The molecule has 5 nitrogen and oxygen atoms in total. The first-order chi connectivity index (χ1) is 11.8. The van der Waals surface area contributed by atoms with E-state index in [1.165, 1.54) is 10.4 Å². The normalized spacial score (nSPS) is 13.3. The van der Waals surface area contributed by atoms with Crippen molar-refractivity contribution in [2.24, 2.45) is 0 Å². The van der Waals surface area contributed by atoms with Crippen molar-refractivity contribution < 1.29 is 14.3 Å². The van der Waals surface area contributed by atoms with Crippen LogP contribution in [0.5, 0.6) is 11.5 Å². The van der Waals surface area contributed by atoms with Gasteiger partial charge in [-0.25, -0.2) is 4.79 Å². The second-order valence-corrected chi connectivity index (χ2v) is 6.53. The van der Waals surface area contributed by atoms with E-state index in [1.807, 2.05) is 36.1 Å². The number of ether oxygens (including phenoxy) is 2. The molecule has 1 aromatic heterocycles. The molecule has 2 heterocycles. The number of nitrogens with one attached hydrogen (secondary N) is 1. The lowest BCUT2D eigenvalue weighted by molar-refractivity contribution is 0.190.